The van der Waals surface area contributed by atoms with Gasteiger partial charge in [-0.25, -0.2) is 4.98 Å². The number of hydrogen-bond acceptors (Lipinski definition) is 5. The van der Waals surface area contributed by atoms with E-state index in [0.717, 1.165) is 40.5 Å². The average molecular weight is 400 g/mol. The van der Waals surface area contributed by atoms with Crippen LogP contribution in [0.4, 0.5) is 5.13 Å². The third kappa shape index (κ3) is 4.10. The average Bonchev–Trinajstić information content (AvgIpc) is 3.21. The molecule has 1 amide bonds. The van der Waals surface area contributed by atoms with Gasteiger partial charge < -0.3 is 4.90 Å². The van der Waals surface area contributed by atoms with E-state index in [-0.39, 0.29) is 5.91 Å². The lowest BCUT2D eigenvalue weighted by atomic mass is 10.1. The van der Waals surface area contributed by atoms with E-state index in [1.165, 1.54) is 11.1 Å². The van der Waals surface area contributed by atoms with E-state index in [1.54, 1.807) is 20.9 Å². The first kappa shape index (κ1) is 20.5. The van der Waals surface area contributed by atoms with Gasteiger partial charge in [-0.2, -0.15) is 5.10 Å². The Hall–Kier alpha value is -2.25. The fourth-order valence-electron chi connectivity index (χ4n) is 3.49. The molecular formula is C21H29N5OS. The second-order valence-electron chi connectivity index (χ2n) is 7.24. The summed E-state index contributed by atoms with van der Waals surface area (Å²) in [6, 6.07) is 4.25. The Morgan fingerprint density at radius 3 is 2.43 bits per heavy atom. The minimum atomic E-state index is -0.0845. The number of anilines is 1. The molecule has 0 radical (unpaired) electrons. The van der Waals surface area contributed by atoms with Crippen LogP contribution in [0.25, 0.3) is 10.2 Å². The summed E-state index contributed by atoms with van der Waals surface area (Å²) in [5, 5.41) is 5.14. The Labute approximate surface area is 170 Å². The fraction of sp³-hybridized carbons (Fsp3) is 0.476. The summed E-state index contributed by atoms with van der Waals surface area (Å²) in [6.07, 6.45) is 1.88. The van der Waals surface area contributed by atoms with Crippen LogP contribution in [-0.4, -0.2) is 51.8 Å². The number of fused-ring (bicyclic) bond motifs is 1. The van der Waals surface area contributed by atoms with Crippen LogP contribution in [-0.2, 0) is 7.05 Å². The molecule has 3 aromatic rings. The molecule has 0 unspecified atom stereocenters. The molecule has 6 nitrogen and oxygen atoms in total. The molecule has 28 heavy (non-hydrogen) atoms. The second-order valence-corrected chi connectivity index (χ2v) is 8.22. The number of likely N-dealkylation sites (N-methyl/N-ethyl adjacent to an activating group) is 1. The summed E-state index contributed by atoms with van der Waals surface area (Å²) in [6.45, 7) is 13.7. The minimum absolute atomic E-state index is 0.0845. The molecule has 0 spiro atoms. The Morgan fingerprint density at radius 1 is 1.11 bits per heavy atom. The number of rotatable bonds is 7. The highest BCUT2D eigenvalue weighted by molar-refractivity contribution is 7.22. The Kier molecular flexibility index (Phi) is 6.15. The number of benzene rings is 1. The molecule has 0 aliphatic heterocycles. The van der Waals surface area contributed by atoms with Gasteiger partial charge in [0.2, 0.25) is 0 Å². The van der Waals surface area contributed by atoms with E-state index in [4.69, 9.17) is 4.98 Å². The van der Waals surface area contributed by atoms with Crippen molar-refractivity contribution in [3.8, 4) is 0 Å². The molecule has 0 N–H and O–H groups in total. The number of amides is 1. The molecular weight excluding hydrogens is 370 g/mol. The first-order chi connectivity index (χ1) is 13.3. The smallest absolute Gasteiger partial charge is 0.280 e. The van der Waals surface area contributed by atoms with Crippen molar-refractivity contribution < 1.29 is 4.79 Å². The van der Waals surface area contributed by atoms with Crippen LogP contribution in [0.2, 0.25) is 0 Å². The molecule has 0 aliphatic carbocycles. The van der Waals surface area contributed by atoms with E-state index >= 15 is 0 Å². The van der Waals surface area contributed by atoms with Gasteiger partial charge in [-0.1, -0.05) is 31.3 Å². The van der Waals surface area contributed by atoms with Gasteiger partial charge in [0.05, 0.1) is 10.2 Å². The highest BCUT2D eigenvalue weighted by Gasteiger charge is 2.25. The molecule has 3 rings (SSSR count). The fourth-order valence-corrected chi connectivity index (χ4v) is 4.53. The molecule has 0 bridgehead atoms. The third-order valence-electron chi connectivity index (χ3n) is 5.03. The van der Waals surface area contributed by atoms with Crippen LogP contribution in [0.3, 0.4) is 0 Å². The van der Waals surface area contributed by atoms with Crippen molar-refractivity contribution in [3.05, 3.63) is 40.7 Å². The van der Waals surface area contributed by atoms with Gasteiger partial charge >= 0.3 is 0 Å². The minimum Gasteiger partial charge on any atom is -0.302 e. The van der Waals surface area contributed by atoms with Gasteiger partial charge in [-0.3, -0.25) is 14.4 Å². The SMILES string of the molecule is CCN(CC)CCN(C(=O)c1nn(C)cc1C)c1nc2cc(C)cc(C)c2s1. The van der Waals surface area contributed by atoms with Gasteiger partial charge in [-0.05, 0) is 51.1 Å². The molecule has 0 atom stereocenters. The molecule has 7 heteroatoms. The summed E-state index contributed by atoms with van der Waals surface area (Å²) in [7, 11) is 1.84. The monoisotopic (exact) mass is 399 g/mol. The van der Waals surface area contributed by atoms with Crippen LogP contribution < -0.4 is 4.90 Å². The van der Waals surface area contributed by atoms with Crippen LogP contribution in [0, 0.1) is 20.8 Å². The van der Waals surface area contributed by atoms with Crippen molar-refractivity contribution in [2.45, 2.75) is 34.6 Å². The van der Waals surface area contributed by atoms with Crippen molar-refractivity contribution in [1.82, 2.24) is 19.7 Å². The first-order valence-electron chi connectivity index (χ1n) is 9.76. The Morgan fingerprint density at radius 2 is 1.82 bits per heavy atom. The lowest BCUT2D eigenvalue weighted by Gasteiger charge is -2.24. The van der Waals surface area contributed by atoms with E-state index in [0.29, 0.717) is 12.2 Å². The zero-order valence-electron chi connectivity index (χ0n) is 17.6. The predicted octanol–water partition coefficient (Wildman–Crippen LogP) is 3.94. The summed E-state index contributed by atoms with van der Waals surface area (Å²) in [4.78, 5) is 22.3. The molecule has 150 valence electrons. The van der Waals surface area contributed by atoms with E-state index < -0.39 is 0 Å². The molecule has 0 saturated carbocycles. The maximum atomic E-state index is 13.4. The maximum Gasteiger partial charge on any atom is 0.280 e. The molecule has 2 heterocycles. The Bertz CT molecular complexity index is 986. The number of hydrogen-bond donors (Lipinski definition) is 0. The zero-order chi connectivity index (χ0) is 20.4. The quantitative estimate of drug-likeness (QED) is 0.604. The molecule has 0 aliphatic rings. The summed E-state index contributed by atoms with van der Waals surface area (Å²) < 4.78 is 2.83. The number of aromatic nitrogens is 3. The number of carbonyl (C=O) groups excluding carboxylic acids is 1. The van der Waals surface area contributed by atoms with Crippen LogP contribution in [0.5, 0.6) is 0 Å². The highest BCUT2D eigenvalue weighted by Crippen LogP contribution is 2.32. The number of thiazole rings is 1. The van der Waals surface area contributed by atoms with Crippen LogP contribution in [0.1, 0.15) is 41.0 Å². The standard InChI is InChI=1S/C21H29N5OS/c1-7-25(8-2)9-10-26(20(27)18-16(5)13-24(6)23-18)21-22-17-12-14(3)11-15(4)19(17)28-21/h11-13H,7-10H2,1-6H3. The van der Waals surface area contributed by atoms with Crippen molar-refractivity contribution in [3.63, 3.8) is 0 Å². The first-order valence-corrected chi connectivity index (χ1v) is 10.6. The van der Waals surface area contributed by atoms with Crippen molar-refractivity contribution in [2.24, 2.45) is 7.05 Å². The lowest BCUT2D eigenvalue weighted by molar-refractivity contribution is 0.0977. The molecule has 0 fully saturated rings. The topological polar surface area (TPSA) is 54.3 Å². The molecule has 2 aromatic heterocycles. The molecule has 0 saturated heterocycles. The predicted molar refractivity (Wildman–Crippen MR) is 117 cm³/mol. The summed E-state index contributed by atoms with van der Waals surface area (Å²) in [5.41, 5.74) is 4.71. The van der Waals surface area contributed by atoms with Gasteiger partial charge in [-0.15, -0.1) is 0 Å². The third-order valence-corrected chi connectivity index (χ3v) is 6.26. The lowest BCUT2D eigenvalue weighted by Crippen LogP contribution is -2.39. The van der Waals surface area contributed by atoms with Gasteiger partial charge in [0.25, 0.3) is 5.91 Å². The number of nitrogens with zero attached hydrogens (tertiary/aromatic N) is 5. The van der Waals surface area contributed by atoms with Crippen molar-refractivity contribution in [2.75, 3.05) is 31.1 Å². The second kappa shape index (κ2) is 8.41. The van der Waals surface area contributed by atoms with Gasteiger partial charge in [0, 0.05) is 31.9 Å². The summed E-state index contributed by atoms with van der Waals surface area (Å²) >= 11 is 1.58. The Balaban J connectivity index is 2.01. The van der Waals surface area contributed by atoms with E-state index in [9.17, 15) is 4.79 Å². The van der Waals surface area contributed by atoms with Gasteiger partial charge in [0.1, 0.15) is 0 Å². The molecule has 1 aromatic carbocycles. The summed E-state index contributed by atoms with van der Waals surface area (Å²) in [5.74, 6) is -0.0845. The van der Waals surface area contributed by atoms with Crippen molar-refractivity contribution in [1.29, 1.82) is 0 Å². The number of carbonyl (C=O) groups is 1. The largest absolute Gasteiger partial charge is 0.302 e. The zero-order valence-corrected chi connectivity index (χ0v) is 18.4. The maximum absolute atomic E-state index is 13.4. The van der Waals surface area contributed by atoms with Gasteiger partial charge in [0.15, 0.2) is 10.8 Å². The van der Waals surface area contributed by atoms with E-state index in [1.807, 2.05) is 20.2 Å². The van der Waals surface area contributed by atoms with Crippen LogP contribution >= 0.6 is 11.3 Å². The number of aryl methyl sites for hydroxylation is 4. The van der Waals surface area contributed by atoms with Crippen LogP contribution in [0.15, 0.2) is 18.3 Å². The van der Waals surface area contributed by atoms with Crippen molar-refractivity contribution >= 4 is 32.6 Å². The van der Waals surface area contributed by atoms with E-state index in [2.05, 4.69) is 49.8 Å². The normalized spacial score (nSPS) is 11.5. The highest BCUT2D eigenvalue weighted by atomic mass is 32.1.